The lowest BCUT2D eigenvalue weighted by Gasteiger charge is -2.11. The van der Waals surface area contributed by atoms with E-state index in [1.54, 1.807) is 36.4 Å². The molecule has 0 aliphatic carbocycles. The molecule has 0 unspecified atom stereocenters. The summed E-state index contributed by atoms with van der Waals surface area (Å²) in [5.41, 5.74) is 2.08. The summed E-state index contributed by atoms with van der Waals surface area (Å²) in [6.07, 6.45) is 1.52. The molecule has 0 bridgehead atoms. The second kappa shape index (κ2) is 5.91. The molecule has 0 aliphatic heterocycles. The van der Waals surface area contributed by atoms with Crippen LogP contribution in [0.5, 0.6) is 5.75 Å². The van der Waals surface area contributed by atoms with Crippen molar-refractivity contribution in [1.82, 2.24) is 0 Å². The number of furan rings is 1. The topological polar surface area (TPSA) is 56.5 Å². The van der Waals surface area contributed by atoms with Crippen LogP contribution in [-0.2, 0) is 15.7 Å². The maximum absolute atomic E-state index is 13.0. The number of fused-ring (bicyclic) bond motifs is 1. The van der Waals surface area contributed by atoms with E-state index in [0.717, 1.165) is 5.56 Å². The number of hydrogen-bond acceptors (Lipinski definition) is 4. The summed E-state index contributed by atoms with van der Waals surface area (Å²) in [5.74, 6) is 0.480. The van der Waals surface area contributed by atoms with Gasteiger partial charge in [0.2, 0.25) is 9.84 Å². The molecule has 0 spiro atoms. The standard InChI is InChI=1S/C17H15ClO4S/c1-11-3-4-15(21-2)16(7-11)23(19,20)14-8-12-5-6-22-17(12)13(9-14)10-18/h3-9H,10H2,1-2H3. The summed E-state index contributed by atoms with van der Waals surface area (Å²) >= 11 is 5.94. The van der Waals surface area contributed by atoms with Crippen molar-refractivity contribution < 1.29 is 17.6 Å². The van der Waals surface area contributed by atoms with E-state index in [1.165, 1.54) is 13.4 Å². The Labute approximate surface area is 139 Å². The minimum absolute atomic E-state index is 0.142. The molecule has 1 aromatic heterocycles. The first-order valence-electron chi connectivity index (χ1n) is 6.93. The average molecular weight is 351 g/mol. The highest BCUT2D eigenvalue weighted by Gasteiger charge is 2.24. The van der Waals surface area contributed by atoms with Gasteiger partial charge >= 0.3 is 0 Å². The molecule has 1 heterocycles. The predicted octanol–water partition coefficient (Wildman–Crippen LogP) is 4.32. The fraction of sp³-hybridized carbons (Fsp3) is 0.176. The fourth-order valence-corrected chi connectivity index (χ4v) is 4.29. The smallest absolute Gasteiger partial charge is 0.210 e. The van der Waals surface area contributed by atoms with E-state index in [1.807, 2.05) is 6.92 Å². The van der Waals surface area contributed by atoms with Crippen LogP contribution < -0.4 is 4.74 Å². The zero-order chi connectivity index (χ0) is 16.6. The zero-order valence-corrected chi connectivity index (χ0v) is 14.2. The highest BCUT2D eigenvalue weighted by atomic mass is 35.5. The molecule has 0 amide bonds. The molecular formula is C17H15ClO4S. The molecule has 0 N–H and O–H groups in total. The van der Waals surface area contributed by atoms with Gasteiger partial charge in [-0.15, -0.1) is 11.6 Å². The molecule has 120 valence electrons. The van der Waals surface area contributed by atoms with E-state index >= 15 is 0 Å². The van der Waals surface area contributed by atoms with Gasteiger partial charge in [0.05, 0.1) is 24.1 Å². The van der Waals surface area contributed by atoms with Crippen LogP contribution >= 0.6 is 11.6 Å². The minimum Gasteiger partial charge on any atom is -0.495 e. The summed E-state index contributed by atoms with van der Waals surface area (Å²) in [4.78, 5) is 0.314. The van der Waals surface area contributed by atoms with Crippen molar-refractivity contribution in [1.29, 1.82) is 0 Å². The lowest BCUT2D eigenvalue weighted by atomic mass is 10.2. The van der Waals surface area contributed by atoms with Gasteiger partial charge in [0, 0.05) is 10.9 Å². The third-order valence-electron chi connectivity index (χ3n) is 3.66. The number of ether oxygens (including phenoxy) is 1. The largest absolute Gasteiger partial charge is 0.495 e. The van der Waals surface area contributed by atoms with Gasteiger partial charge in [-0.2, -0.15) is 0 Å². The number of rotatable bonds is 4. The highest BCUT2D eigenvalue weighted by molar-refractivity contribution is 7.91. The number of benzene rings is 2. The molecule has 3 rings (SSSR count). The Morgan fingerprint density at radius 2 is 1.96 bits per heavy atom. The number of sulfone groups is 1. The van der Waals surface area contributed by atoms with Crippen LogP contribution in [0.4, 0.5) is 0 Å². The molecule has 0 radical (unpaired) electrons. The molecular weight excluding hydrogens is 336 g/mol. The van der Waals surface area contributed by atoms with Crippen LogP contribution in [0.1, 0.15) is 11.1 Å². The van der Waals surface area contributed by atoms with Crippen molar-refractivity contribution in [2.75, 3.05) is 7.11 Å². The van der Waals surface area contributed by atoms with Crippen molar-refractivity contribution in [3.63, 3.8) is 0 Å². The number of alkyl halides is 1. The van der Waals surface area contributed by atoms with Crippen molar-refractivity contribution in [2.24, 2.45) is 0 Å². The number of halogens is 1. The van der Waals surface area contributed by atoms with Gasteiger partial charge in [0.1, 0.15) is 16.2 Å². The Morgan fingerprint density at radius 3 is 2.65 bits per heavy atom. The van der Waals surface area contributed by atoms with E-state index in [-0.39, 0.29) is 15.7 Å². The minimum atomic E-state index is -3.73. The van der Waals surface area contributed by atoms with E-state index in [0.29, 0.717) is 22.3 Å². The Kier molecular flexibility index (Phi) is 4.08. The monoisotopic (exact) mass is 350 g/mol. The van der Waals surface area contributed by atoms with Crippen LogP contribution in [0.25, 0.3) is 11.0 Å². The van der Waals surface area contributed by atoms with Crippen LogP contribution in [0, 0.1) is 6.92 Å². The Morgan fingerprint density at radius 1 is 1.17 bits per heavy atom. The number of methoxy groups -OCH3 is 1. The maximum atomic E-state index is 13.0. The molecule has 23 heavy (non-hydrogen) atoms. The lowest BCUT2D eigenvalue weighted by Crippen LogP contribution is -2.05. The van der Waals surface area contributed by atoms with Gasteiger partial charge in [-0.25, -0.2) is 8.42 Å². The molecule has 0 aliphatic rings. The molecule has 0 fully saturated rings. The summed E-state index contributed by atoms with van der Waals surface area (Å²) in [6, 6.07) is 9.93. The predicted molar refractivity (Wildman–Crippen MR) is 89.0 cm³/mol. The van der Waals surface area contributed by atoms with Gasteiger partial charge < -0.3 is 9.15 Å². The van der Waals surface area contributed by atoms with E-state index in [2.05, 4.69) is 0 Å². The third-order valence-corrected chi connectivity index (χ3v) is 5.71. The second-order valence-electron chi connectivity index (χ2n) is 5.21. The van der Waals surface area contributed by atoms with Crippen molar-refractivity contribution in [3.05, 3.63) is 53.8 Å². The second-order valence-corrected chi connectivity index (χ2v) is 7.40. The first-order valence-corrected chi connectivity index (χ1v) is 8.95. The zero-order valence-electron chi connectivity index (χ0n) is 12.7. The van der Waals surface area contributed by atoms with Crippen LogP contribution in [-0.4, -0.2) is 15.5 Å². The maximum Gasteiger partial charge on any atom is 0.210 e. The van der Waals surface area contributed by atoms with Gasteiger partial charge in [-0.05, 0) is 42.8 Å². The van der Waals surface area contributed by atoms with E-state index in [4.69, 9.17) is 20.8 Å². The van der Waals surface area contributed by atoms with Crippen LogP contribution in [0.15, 0.2) is 56.9 Å². The number of hydrogen-bond donors (Lipinski definition) is 0. The molecule has 3 aromatic rings. The summed E-state index contributed by atoms with van der Waals surface area (Å²) in [7, 11) is -2.28. The Bertz CT molecular complexity index is 973. The summed E-state index contributed by atoms with van der Waals surface area (Å²) < 4.78 is 36.7. The molecule has 0 saturated carbocycles. The summed E-state index contributed by atoms with van der Waals surface area (Å²) in [6.45, 7) is 1.84. The average Bonchev–Trinajstić information content (AvgIpc) is 3.02. The highest BCUT2D eigenvalue weighted by Crippen LogP contribution is 2.33. The van der Waals surface area contributed by atoms with Crippen molar-refractivity contribution >= 4 is 32.4 Å². The SMILES string of the molecule is COc1ccc(C)cc1S(=O)(=O)c1cc(CCl)c2occc2c1. The quantitative estimate of drug-likeness (QED) is 0.657. The Hall–Kier alpha value is -1.98. The molecule has 2 aromatic carbocycles. The van der Waals surface area contributed by atoms with Gasteiger partial charge in [0.15, 0.2) is 0 Å². The van der Waals surface area contributed by atoms with Crippen molar-refractivity contribution in [3.8, 4) is 5.75 Å². The fourth-order valence-electron chi connectivity index (χ4n) is 2.50. The van der Waals surface area contributed by atoms with Gasteiger partial charge in [-0.1, -0.05) is 6.07 Å². The Balaban J connectivity index is 2.26. The van der Waals surface area contributed by atoms with Crippen LogP contribution in [0.2, 0.25) is 0 Å². The lowest BCUT2D eigenvalue weighted by molar-refractivity contribution is 0.402. The first-order chi connectivity index (χ1) is 11.0. The molecule has 0 atom stereocenters. The first kappa shape index (κ1) is 15.9. The van der Waals surface area contributed by atoms with E-state index in [9.17, 15) is 8.42 Å². The van der Waals surface area contributed by atoms with Crippen LogP contribution in [0.3, 0.4) is 0 Å². The van der Waals surface area contributed by atoms with Crippen molar-refractivity contribution in [2.45, 2.75) is 22.6 Å². The molecule has 4 nitrogen and oxygen atoms in total. The third kappa shape index (κ3) is 2.71. The van der Waals surface area contributed by atoms with Gasteiger partial charge in [0.25, 0.3) is 0 Å². The summed E-state index contributed by atoms with van der Waals surface area (Å²) in [5, 5.41) is 0.702. The molecule has 6 heteroatoms. The number of aryl methyl sites for hydroxylation is 1. The van der Waals surface area contributed by atoms with Gasteiger partial charge in [-0.3, -0.25) is 0 Å². The molecule has 0 saturated heterocycles. The van der Waals surface area contributed by atoms with E-state index < -0.39 is 9.84 Å². The normalized spacial score (nSPS) is 11.8.